The molecular formula is C19H22N4O. The minimum atomic E-state index is 0.555. The third-order valence-electron chi connectivity index (χ3n) is 3.58. The van der Waals surface area contributed by atoms with Crippen molar-refractivity contribution in [3.63, 3.8) is 0 Å². The Morgan fingerprint density at radius 3 is 2.58 bits per heavy atom. The molecule has 0 radical (unpaired) electrons. The summed E-state index contributed by atoms with van der Waals surface area (Å²) in [6, 6.07) is 15.8. The Kier molecular flexibility index (Phi) is 5.11. The van der Waals surface area contributed by atoms with Gasteiger partial charge in [-0.3, -0.25) is 0 Å². The van der Waals surface area contributed by atoms with Crippen molar-refractivity contribution in [3.05, 3.63) is 48.5 Å². The van der Waals surface area contributed by atoms with Crippen molar-refractivity contribution < 1.29 is 4.74 Å². The Morgan fingerprint density at radius 2 is 1.75 bits per heavy atom. The normalized spacial score (nSPS) is 10.6. The number of para-hydroxylation sites is 3. The van der Waals surface area contributed by atoms with Crippen LogP contribution in [0, 0.1) is 0 Å². The second kappa shape index (κ2) is 7.64. The molecule has 2 aromatic carbocycles. The minimum Gasteiger partial charge on any atom is -0.492 e. The summed E-state index contributed by atoms with van der Waals surface area (Å²) in [6.45, 7) is 5.58. The van der Waals surface area contributed by atoms with Crippen LogP contribution >= 0.6 is 0 Å². The third kappa shape index (κ3) is 3.56. The minimum absolute atomic E-state index is 0.555. The number of nitrogens with zero attached hydrogens (tertiary/aromatic N) is 2. The van der Waals surface area contributed by atoms with Gasteiger partial charge in [-0.25, -0.2) is 4.98 Å². The molecule has 1 aromatic heterocycles. The molecule has 0 unspecified atom stereocenters. The number of fused-ring (bicyclic) bond motifs is 1. The zero-order chi connectivity index (χ0) is 16.8. The van der Waals surface area contributed by atoms with Gasteiger partial charge in [-0.05, 0) is 37.6 Å². The summed E-state index contributed by atoms with van der Waals surface area (Å²) in [6.07, 6.45) is 1.04. The topological polar surface area (TPSA) is 59.1 Å². The van der Waals surface area contributed by atoms with Crippen LogP contribution in [-0.2, 0) is 0 Å². The first kappa shape index (κ1) is 16.1. The first-order chi connectivity index (χ1) is 11.8. The van der Waals surface area contributed by atoms with Crippen molar-refractivity contribution in [2.75, 3.05) is 23.8 Å². The molecule has 0 aliphatic rings. The predicted octanol–water partition coefficient (Wildman–Crippen LogP) is 4.59. The molecular weight excluding hydrogens is 300 g/mol. The van der Waals surface area contributed by atoms with Crippen LogP contribution in [0.25, 0.3) is 10.9 Å². The third-order valence-corrected chi connectivity index (χ3v) is 3.58. The zero-order valence-corrected chi connectivity index (χ0v) is 14.0. The van der Waals surface area contributed by atoms with Crippen molar-refractivity contribution in [3.8, 4) is 5.75 Å². The van der Waals surface area contributed by atoms with E-state index in [-0.39, 0.29) is 0 Å². The van der Waals surface area contributed by atoms with E-state index in [0.29, 0.717) is 12.6 Å². The number of hydrogen-bond acceptors (Lipinski definition) is 5. The van der Waals surface area contributed by atoms with Gasteiger partial charge in [0.1, 0.15) is 11.6 Å². The molecule has 0 amide bonds. The standard InChI is InChI=1S/C19H22N4O/c1-3-13-20-18-14-9-5-6-10-15(14)21-19(23-18)22-16-11-7-8-12-17(16)24-4-2/h5-12H,3-4,13H2,1-2H3,(H2,20,21,22,23). The fourth-order valence-electron chi connectivity index (χ4n) is 2.48. The highest BCUT2D eigenvalue weighted by Crippen LogP contribution is 2.28. The van der Waals surface area contributed by atoms with Crippen molar-refractivity contribution in [2.24, 2.45) is 0 Å². The molecule has 0 atom stereocenters. The molecule has 3 rings (SSSR count). The number of hydrogen-bond donors (Lipinski definition) is 2. The fraction of sp³-hybridized carbons (Fsp3) is 0.263. The lowest BCUT2D eigenvalue weighted by atomic mass is 10.2. The Bertz CT molecular complexity index is 819. The summed E-state index contributed by atoms with van der Waals surface area (Å²) < 4.78 is 5.66. The van der Waals surface area contributed by atoms with E-state index >= 15 is 0 Å². The maximum Gasteiger partial charge on any atom is 0.229 e. The quantitative estimate of drug-likeness (QED) is 0.666. The molecule has 24 heavy (non-hydrogen) atoms. The van der Waals surface area contributed by atoms with Crippen molar-refractivity contribution in [1.82, 2.24) is 9.97 Å². The lowest BCUT2D eigenvalue weighted by Gasteiger charge is -2.13. The second-order valence-electron chi connectivity index (χ2n) is 5.39. The van der Waals surface area contributed by atoms with Gasteiger partial charge in [0.15, 0.2) is 0 Å². The number of aromatic nitrogens is 2. The van der Waals surface area contributed by atoms with Gasteiger partial charge >= 0.3 is 0 Å². The van der Waals surface area contributed by atoms with E-state index in [4.69, 9.17) is 4.74 Å². The highest BCUT2D eigenvalue weighted by molar-refractivity contribution is 5.90. The van der Waals surface area contributed by atoms with Crippen LogP contribution in [0.2, 0.25) is 0 Å². The van der Waals surface area contributed by atoms with Crippen LogP contribution in [0.1, 0.15) is 20.3 Å². The number of ether oxygens (including phenoxy) is 1. The summed E-state index contributed by atoms with van der Waals surface area (Å²) in [4.78, 5) is 9.27. The molecule has 0 fully saturated rings. The van der Waals surface area contributed by atoms with Crippen molar-refractivity contribution in [2.45, 2.75) is 20.3 Å². The smallest absolute Gasteiger partial charge is 0.229 e. The van der Waals surface area contributed by atoms with Crippen LogP contribution in [0.15, 0.2) is 48.5 Å². The van der Waals surface area contributed by atoms with Gasteiger partial charge in [0.25, 0.3) is 0 Å². The largest absolute Gasteiger partial charge is 0.492 e. The van der Waals surface area contributed by atoms with E-state index in [1.807, 2.05) is 55.5 Å². The van der Waals surface area contributed by atoms with Gasteiger partial charge in [-0.1, -0.05) is 31.2 Å². The molecule has 1 heterocycles. The van der Waals surface area contributed by atoms with Gasteiger partial charge in [0.2, 0.25) is 5.95 Å². The van der Waals surface area contributed by atoms with E-state index in [9.17, 15) is 0 Å². The van der Waals surface area contributed by atoms with Crippen LogP contribution in [0.4, 0.5) is 17.5 Å². The van der Waals surface area contributed by atoms with Gasteiger partial charge in [0, 0.05) is 11.9 Å². The average molecular weight is 322 g/mol. The van der Waals surface area contributed by atoms with Crippen LogP contribution in [-0.4, -0.2) is 23.1 Å². The van der Waals surface area contributed by atoms with E-state index in [0.717, 1.165) is 41.1 Å². The van der Waals surface area contributed by atoms with Crippen molar-refractivity contribution >= 4 is 28.4 Å². The van der Waals surface area contributed by atoms with E-state index < -0.39 is 0 Å². The van der Waals surface area contributed by atoms with E-state index in [1.54, 1.807) is 0 Å². The van der Waals surface area contributed by atoms with Crippen LogP contribution in [0.5, 0.6) is 5.75 Å². The maximum atomic E-state index is 5.66. The number of nitrogens with one attached hydrogen (secondary N) is 2. The van der Waals surface area contributed by atoms with Crippen molar-refractivity contribution in [1.29, 1.82) is 0 Å². The highest BCUT2D eigenvalue weighted by Gasteiger charge is 2.09. The highest BCUT2D eigenvalue weighted by atomic mass is 16.5. The lowest BCUT2D eigenvalue weighted by molar-refractivity contribution is 0.342. The van der Waals surface area contributed by atoms with Gasteiger partial charge in [-0.15, -0.1) is 0 Å². The Morgan fingerprint density at radius 1 is 0.958 bits per heavy atom. The number of benzene rings is 2. The number of anilines is 3. The molecule has 0 spiro atoms. The molecule has 124 valence electrons. The molecule has 5 nitrogen and oxygen atoms in total. The molecule has 2 N–H and O–H groups in total. The van der Waals surface area contributed by atoms with Gasteiger partial charge in [0.05, 0.1) is 17.8 Å². The first-order valence-electron chi connectivity index (χ1n) is 8.31. The summed E-state index contributed by atoms with van der Waals surface area (Å²) in [5.41, 5.74) is 1.76. The van der Waals surface area contributed by atoms with Gasteiger partial charge < -0.3 is 15.4 Å². The summed E-state index contributed by atoms with van der Waals surface area (Å²) in [7, 11) is 0. The Hall–Kier alpha value is -2.82. The van der Waals surface area contributed by atoms with E-state index in [2.05, 4.69) is 27.5 Å². The molecule has 0 aliphatic heterocycles. The predicted molar refractivity (Wildman–Crippen MR) is 99.2 cm³/mol. The first-order valence-corrected chi connectivity index (χ1v) is 8.31. The summed E-state index contributed by atoms with van der Waals surface area (Å²) in [5.74, 6) is 2.19. The lowest BCUT2D eigenvalue weighted by Crippen LogP contribution is -2.06. The summed E-state index contributed by atoms with van der Waals surface area (Å²) in [5, 5.41) is 7.68. The second-order valence-corrected chi connectivity index (χ2v) is 5.39. The molecule has 0 bridgehead atoms. The Balaban J connectivity index is 1.97. The molecule has 0 aliphatic carbocycles. The number of rotatable bonds is 7. The summed E-state index contributed by atoms with van der Waals surface area (Å²) >= 11 is 0. The van der Waals surface area contributed by atoms with Crippen LogP contribution < -0.4 is 15.4 Å². The van der Waals surface area contributed by atoms with Gasteiger partial charge in [-0.2, -0.15) is 4.98 Å². The SMILES string of the molecule is CCCNc1nc(Nc2ccccc2OCC)nc2ccccc12. The zero-order valence-electron chi connectivity index (χ0n) is 14.0. The monoisotopic (exact) mass is 322 g/mol. The fourth-order valence-corrected chi connectivity index (χ4v) is 2.48. The molecule has 0 saturated carbocycles. The van der Waals surface area contributed by atoms with Crippen LogP contribution in [0.3, 0.4) is 0 Å². The molecule has 3 aromatic rings. The maximum absolute atomic E-state index is 5.66. The van der Waals surface area contributed by atoms with E-state index in [1.165, 1.54) is 0 Å². The molecule has 0 saturated heterocycles. The average Bonchev–Trinajstić information content (AvgIpc) is 2.61. The Labute approximate surface area is 142 Å². The molecule has 5 heteroatoms.